The minimum atomic E-state index is -0.0631. The van der Waals surface area contributed by atoms with Crippen LogP contribution in [0.25, 0.3) is 0 Å². The number of hydrogen-bond acceptors (Lipinski definition) is 3. The van der Waals surface area contributed by atoms with Gasteiger partial charge in [-0.2, -0.15) is 5.10 Å². The lowest BCUT2D eigenvalue weighted by Gasteiger charge is -1.95. The van der Waals surface area contributed by atoms with Crippen LogP contribution in [0.2, 0.25) is 0 Å². The third-order valence-electron chi connectivity index (χ3n) is 1.18. The van der Waals surface area contributed by atoms with Crippen molar-refractivity contribution >= 4 is 11.8 Å². The van der Waals surface area contributed by atoms with Crippen LogP contribution >= 0.6 is 11.8 Å². The lowest BCUT2D eigenvalue weighted by atomic mass is 10.6. The average molecular weight is 156 g/mol. The lowest BCUT2D eigenvalue weighted by Crippen LogP contribution is -2.17. The summed E-state index contributed by atoms with van der Waals surface area (Å²) in [5, 5.41) is 3.83. The Bertz CT molecular complexity index is 281. The third-order valence-corrected chi connectivity index (χ3v) is 1.87. The maximum absolute atomic E-state index is 10.9. The molecule has 0 saturated carbocycles. The Labute approximate surface area is 63.1 Å². The molecule has 0 aliphatic rings. The Kier molecular flexibility index (Phi) is 2.11. The van der Waals surface area contributed by atoms with Gasteiger partial charge in [-0.05, 0) is 6.26 Å². The van der Waals surface area contributed by atoms with E-state index in [0.29, 0.717) is 0 Å². The zero-order chi connectivity index (χ0) is 7.56. The van der Waals surface area contributed by atoms with E-state index < -0.39 is 0 Å². The van der Waals surface area contributed by atoms with E-state index >= 15 is 0 Å². The second-order valence-corrected chi connectivity index (χ2v) is 2.74. The zero-order valence-electron chi connectivity index (χ0n) is 5.87. The molecule has 1 aromatic rings. The van der Waals surface area contributed by atoms with Crippen LogP contribution in [0, 0.1) is 0 Å². The van der Waals surface area contributed by atoms with E-state index in [9.17, 15) is 4.79 Å². The molecule has 1 rings (SSSR count). The number of hydrogen-bond donors (Lipinski definition) is 0. The van der Waals surface area contributed by atoms with Crippen molar-refractivity contribution in [3.63, 3.8) is 0 Å². The molecule has 0 atom stereocenters. The number of thioether (sulfide) groups is 1. The van der Waals surface area contributed by atoms with Gasteiger partial charge < -0.3 is 0 Å². The summed E-state index contributed by atoms with van der Waals surface area (Å²) in [6, 6.07) is 1.57. The van der Waals surface area contributed by atoms with Crippen LogP contribution in [0.3, 0.4) is 0 Å². The molecule has 1 aromatic heterocycles. The maximum Gasteiger partial charge on any atom is 0.267 e. The van der Waals surface area contributed by atoms with Gasteiger partial charge in [0.1, 0.15) is 0 Å². The van der Waals surface area contributed by atoms with Crippen molar-refractivity contribution in [3.05, 3.63) is 22.6 Å². The van der Waals surface area contributed by atoms with Crippen molar-refractivity contribution in [2.45, 2.75) is 4.90 Å². The molecule has 0 N–H and O–H groups in total. The molecule has 0 aromatic carbocycles. The van der Waals surface area contributed by atoms with Crippen LogP contribution in [0.15, 0.2) is 22.0 Å². The Morgan fingerprint density at radius 3 is 2.90 bits per heavy atom. The van der Waals surface area contributed by atoms with E-state index in [1.807, 2.05) is 6.26 Å². The molecule has 10 heavy (non-hydrogen) atoms. The van der Waals surface area contributed by atoms with Gasteiger partial charge in [-0.3, -0.25) is 4.79 Å². The van der Waals surface area contributed by atoms with Crippen molar-refractivity contribution in [2.75, 3.05) is 6.26 Å². The smallest absolute Gasteiger partial charge is 0.267 e. The number of rotatable bonds is 1. The van der Waals surface area contributed by atoms with Gasteiger partial charge in [0.2, 0.25) is 0 Å². The van der Waals surface area contributed by atoms with E-state index in [1.165, 1.54) is 16.4 Å². The molecule has 3 nitrogen and oxygen atoms in total. The first-order valence-corrected chi connectivity index (χ1v) is 4.04. The van der Waals surface area contributed by atoms with E-state index in [1.54, 1.807) is 19.3 Å². The average Bonchev–Trinajstić information content (AvgIpc) is 1.95. The van der Waals surface area contributed by atoms with Gasteiger partial charge in [0.05, 0.1) is 6.20 Å². The number of nitrogens with zero attached hydrogens (tertiary/aromatic N) is 2. The molecule has 0 aliphatic heterocycles. The molecular weight excluding hydrogens is 148 g/mol. The Morgan fingerprint density at radius 1 is 1.70 bits per heavy atom. The van der Waals surface area contributed by atoms with Crippen molar-refractivity contribution in [3.8, 4) is 0 Å². The summed E-state index contributed by atoms with van der Waals surface area (Å²) in [6.45, 7) is 0. The van der Waals surface area contributed by atoms with E-state index in [2.05, 4.69) is 5.10 Å². The van der Waals surface area contributed by atoms with Gasteiger partial charge in [0.15, 0.2) is 0 Å². The Morgan fingerprint density at radius 2 is 2.40 bits per heavy atom. The highest BCUT2D eigenvalue weighted by molar-refractivity contribution is 7.98. The van der Waals surface area contributed by atoms with Crippen molar-refractivity contribution < 1.29 is 0 Å². The van der Waals surface area contributed by atoms with Gasteiger partial charge in [0.25, 0.3) is 5.56 Å². The Hall–Kier alpha value is -0.770. The summed E-state index contributed by atoms with van der Waals surface area (Å²) < 4.78 is 1.31. The first kappa shape index (κ1) is 7.34. The van der Waals surface area contributed by atoms with Crippen LogP contribution in [0.4, 0.5) is 0 Å². The zero-order valence-corrected chi connectivity index (χ0v) is 6.68. The molecule has 0 amide bonds. The monoisotopic (exact) mass is 156 g/mol. The summed E-state index contributed by atoms with van der Waals surface area (Å²) >= 11 is 1.52. The molecule has 0 aliphatic carbocycles. The number of aromatic nitrogens is 2. The van der Waals surface area contributed by atoms with Crippen LogP contribution in [0.5, 0.6) is 0 Å². The quantitative estimate of drug-likeness (QED) is 0.555. The van der Waals surface area contributed by atoms with E-state index in [4.69, 9.17) is 0 Å². The second-order valence-electron chi connectivity index (χ2n) is 1.86. The van der Waals surface area contributed by atoms with Crippen LogP contribution in [-0.2, 0) is 7.05 Å². The minimum Gasteiger partial charge on any atom is -0.268 e. The first-order valence-electron chi connectivity index (χ1n) is 2.81. The lowest BCUT2D eigenvalue weighted by molar-refractivity contribution is 0.696. The van der Waals surface area contributed by atoms with Crippen molar-refractivity contribution in [1.82, 2.24) is 9.78 Å². The predicted octanol–water partition coefficient (Wildman–Crippen LogP) is 0.502. The molecule has 0 radical (unpaired) electrons. The molecule has 0 spiro atoms. The maximum atomic E-state index is 10.9. The molecule has 0 unspecified atom stereocenters. The highest BCUT2D eigenvalue weighted by atomic mass is 32.2. The molecule has 0 saturated heterocycles. The molecule has 0 fully saturated rings. The van der Waals surface area contributed by atoms with Crippen LogP contribution in [-0.4, -0.2) is 16.0 Å². The standard InChI is InChI=1S/C6H8N2OS/c1-8-6(9)3-5(10-2)4-7-8/h3-4H,1-2H3. The van der Waals surface area contributed by atoms with Gasteiger partial charge in [-0.25, -0.2) is 4.68 Å². The van der Waals surface area contributed by atoms with E-state index in [0.717, 1.165) is 4.90 Å². The number of aryl methyl sites for hydroxylation is 1. The topological polar surface area (TPSA) is 34.9 Å². The van der Waals surface area contributed by atoms with Gasteiger partial charge >= 0.3 is 0 Å². The fourth-order valence-electron chi connectivity index (χ4n) is 0.564. The van der Waals surface area contributed by atoms with Gasteiger partial charge in [-0.1, -0.05) is 0 Å². The van der Waals surface area contributed by atoms with Gasteiger partial charge in [-0.15, -0.1) is 11.8 Å². The highest BCUT2D eigenvalue weighted by Gasteiger charge is 1.92. The van der Waals surface area contributed by atoms with Crippen LogP contribution in [0.1, 0.15) is 0 Å². The molecule has 0 bridgehead atoms. The molecule has 54 valence electrons. The van der Waals surface area contributed by atoms with Gasteiger partial charge in [0, 0.05) is 18.0 Å². The minimum absolute atomic E-state index is 0.0631. The normalized spacial score (nSPS) is 9.80. The summed E-state index contributed by atoms with van der Waals surface area (Å²) in [4.78, 5) is 11.8. The SMILES string of the molecule is CSc1cnn(C)c(=O)c1. The molecule has 1 heterocycles. The predicted molar refractivity (Wildman–Crippen MR) is 41.3 cm³/mol. The fraction of sp³-hybridized carbons (Fsp3) is 0.333. The Balaban J connectivity index is 3.17. The highest BCUT2D eigenvalue weighted by Crippen LogP contribution is 2.07. The largest absolute Gasteiger partial charge is 0.268 e. The van der Waals surface area contributed by atoms with E-state index in [-0.39, 0.29) is 5.56 Å². The fourth-order valence-corrected chi connectivity index (χ4v) is 0.936. The summed E-state index contributed by atoms with van der Waals surface area (Å²) in [5.74, 6) is 0. The molecule has 4 heteroatoms. The molecular formula is C6H8N2OS. The van der Waals surface area contributed by atoms with Crippen molar-refractivity contribution in [2.24, 2.45) is 7.05 Å². The second kappa shape index (κ2) is 2.88. The third kappa shape index (κ3) is 1.39. The summed E-state index contributed by atoms with van der Waals surface area (Å²) in [6.07, 6.45) is 3.59. The summed E-state index contributed by atoms with van der Waals surface area (Å²) in [5.41, 5.74) is -0.0631. The van der Waals surface area contributed by atoms with Crippen LogP contribution < -0.4 is 5.56 Å². The van der Waals surface area contributed by atoms with Crippen molar-refractivity contribution in [1.29, 1.82) is 0 Å². The summed E-state index contributed by atoms with van der Waals surface area (Å²) in [7, 11) is 1.63. The first-order chi connectivity index (χ1) is 4.74.